The average molecular weight is 449 g/mol. The summed E-state index contributed by atoms with van der Waals surface area (Å²) in [6, 6.07) is 18.6. The van der Waals surface area contributed by atoms with Crippen molar-refractivity contribution in [3.05, 3.63) is 82.9 Å². The number of aryl methyl sites for hydroxylation is 3. The Morgan fingerprint density at radius 3 is 2.47 bits per heavy atom. The number of benzene rings is 3. The van der Waals surface area contributed by atoms with E-state index in [4.69, 9.17) is 0 Å². The van der Waals surface area contributed by atoms with Crippen LogP contribution in [0.2, 0.25) is 0 Å². The molecule has 4 rings (SSSR count). The molecule has 6 heteroatoms. The third-order valence-corrected chi connectivity index (χ3v) is 7.86. The number of hydrogen-bond donors (Lipinski definition) is 1. The van der Waals surface area contributed by atoms with Crippen LogP contribution in [0.3, 0.4) is 0 Å². The first kappa shape index (κ1) is 22.1. The first-order chi connectivity index (χ1) is 15.2. The highest BCUT2D eigenvalue weighted by atomic mass is 32.2. The first-order valence-corrected chi connectivity index (χ1v) is 12.3. The van der Waals surface area contributed by atoms with Crippen LogP contribution in [0.25, 0.3) is 11.1 Å². The molecule has 0 fully saturated rings. The molecule has 1 atom stereocenters. The molecule has 5 nitrogen and oxygen atoms in total. The molecule has 1 aliphatic heterocycles. The molecule has 3 aromatic rings. The van der Waals surface area contributed by atoms with Crippen LogP contribution in [0.1, 0.15) is 42.1 Å². The Kier molecular flexibility index (Phi) is 5.82. The quantitative estimate of drug-likeness (QED) is 0.603. The zero-order valence-corrected chi connectivity index (χ0v) is 19.7. The molecule has 166 valence electrons. The zero-order chi connectivity index (χ0) is 23.0. The number of amides is 1. The van der Waals surface area contributed by atoms with Crippen molar-refractivity contribution in [3.8, 4) is 11.1 Å². The van der Waals surface area contributed by atoms with E-state index in [1.807, 2.05) is 63.2 Å². The summed E-state index contributed by atoms with van der Waals surface area (Å²) in [5.41, 5.74) is 6.44. The molecule has 1 heterocycles. The van der Waals surface area contributed by atoms with E-state index in [0.29, 0.717) is 11.3 Å². The summed E-state index contributed by atoms with van der Waals surface area (Å²) >= 11 is 0. The molecule has 0 spiro atoms. The Bertz CT molecular complexity index is 1300. The van der Waals surface area contributed by atoms with Gasteiger partial charge in [-0.05, 0) is 62.1 Å². The van der Waals surface area contributed by atoms with Gasteiger partial charge in [0.25, 0.3) is 10.0 Å². The maximum atomic E-state index is 13.5. The highest BCUT2D eigenvalue weighted by molar-refractivity contribution is 7.93. The number of fused-ring (bicyclic) bond motifs is 3. The number of carbonyl (C=O) groups is 1. The van der Waals surface area contributed by atoms with Crippen molar-refractivity contribution < 1.29 is 13.2 Å². The average Bonchev–Trinajstić information content (AvgIpc) is 2.76. The summed E-state index contributed by atoms with van der Waals surface area (Å²) < 4.78 is 28.1. The minimum absolute atomic E-state index is 0.232. The molecular weight excluding hydrogens is 420 g/mol. The van der Waals surface area contributed by atoms with E-state index >= 15 is 0 Å². The van der Waals surface area contributed by atoms with Crippen molar-refractivity contribution in [2.75, 3.05) is 10.8 Å². The minimum Gasteiger partial charge on any atom is -0.348 e. The maximum Gasteiger partial charge on any atom is 0.265 e. The van der Waals surface area contributed by atoms with Crippen LogP contribution >= 0.6 is 0 Å². The number of carbonyl (C=O) groups excluding carboxylic acids is 1. The molecule has 0 unspecified atom stereocenters. The van der Waals surface area contributed by atoms with Gasteiger partial charge in [-0.25, -0.2) is 8.42 Å². The molecule has 1 amide bonds. The lowest BCUT2D eigenvalue weighted by Crippen LogP contribution is -2.43. The van der Waals surface area contributed by atoms with Crippen molar-refractivity contribution in [3.63, 3.8) is 0 Å². The third-order valence-electron chi connectivity index (χ3n) is 6.04. The molecule has 0 saturated heterocycles. The Balaban J connectivity index is 1.67. The van der Waals surface area contributed by atoms with E-state index in [-0.39, 0.29) is 23.4 Å². The highest BCUT2D eigenvalue weighted by Crippen LogP contribution is 2.43. The van der Waals surface area contributed by atoms with E-state index in [0.717, 1.165) is 34.2 Å². The van der Waals surface area contributed by atoms with Gasteiger partial charge in [0.05, 0.1) is 16.6 Å². The van der Waals surface area contributed by atoms with Crippen LogP contribution in [0.4, 0.5) is 5.69 Å². The molecule has 32 heavy (non-hydrogen) atoms. The maximum absolute atomic E-state index is 13.5. The standard InChI is InChI=1S/C26H28N2O3S/c1-5-20-11-13-24-23(15-20)22-8-6-7-9-25(22)32(30,31)28(24)16-26(29)27-19(4)21-12-10-17(2)14-18(21)3/h6-15,19H,5,16H2,1-4H3,(H,27,29)/t19-/m0/s1. The molecule has 0 saturated carbocycles. The number of anilines is 1. The van der Waals surface area contributed by atoms with Gasteiger partial charge in [0.1, 0.15) is 6.54 Å². The van der Waals surface area contributed by atoms with Crippen LogP contribution in [-0.4, -0.2) is 20.9 Å². The van der Waals surface area contributed by atoms with Crippen molar-refractivity contribution in [1.82, 2.24) is 5.32 Å². The molecular formula is C26H28N2O3S. The fourth-order valence-electron chi connectivity index (χ4n) is 4.38. The Labute approximate surface area is 190 Å². The lowest BCUT2D eigenvalue weighted by molar-refractivity contribution is -0.120. The summed E-state index contributed by atoms with van der Waals surface area (Å²) in [6.45, 7) is 7.74. The second-order valence-electron chi connectivity index (χ2n) is 8.36. The SMILES string of the molecule is CCc1ccc2c(c1)-c1ccccc1S(=O)(=O)N2CC(=O)N[C@@H](C)c1ccc(C)cc1C. The fourth-order valence-corrected chi connectivity index (χ4v) is 6.02. The third kappa shape index (κ3) is 3.91. The lowest BCUT2D eigenvalue weighted by Gasteiger charge is -2.32. The summed E-state index contributed by atoms with van der Waals surface area (Å²) in [5.74, 6) is -0.342. The Morgan fingerprint density at radius 1 is 1.00 bits per heavy atom. The van der Waals surface area contributed by atoms with Gasteiger partial charge in [0, 0.05) is 11.1 Å². The summed E-state index contributed by atoms with van der Waals surface area (Å²) in [5, 5.41) is 2.97. The Hall–Kier alpha value is -3.12. The van der Waals surface area contributed by atoms with Gasteiger partial charge >= 0.3 is 0 Å². The highest BCUT2D eigenvalue weighted by Gasteiger charge is 2.36. The van der Waals surface area contributed by atoms with Crippen LogP contribution in [0, 0.1) is 13.8 Å². The normalized spacial score (nSPS) is 14.9. The molecule has 1 aliphatic rings. The molecule has 3 aromatic carbocycles. The smallest absolute Gasteiger partial charge is 0.265 e. The van der Waals surface area contributed by atoms with Gasteiger partial charge < -0.3 is 5.32 Å². The fraction of sp³-hybridized carbons (Fsp3) is 0.269. The van der Waals surface area contributed by atoms with Gasteiger partial charge in [0.15, 0.2) is 0 Å². The van der Waals surface area contributed by atoms with E-state index in [2.05, 4.69) is 18.3 Å². The van der Waals surface area contributed by atoms with Crippen LogP contribution in [0.5, 0.6) is 0 Å². The van der Waals surface area contributed by atoms with Crippen LogP contribution in [0.15, 0.2) is 65.6 Å². The monoisotopic (exact) mass is 448 g/mol. The van der Waals surface area contributed by atoms with E-state index < -0.39 is 10.0 Å². The number of sulfonamides is 1. The molecule has 0 aliphatic carbocycles. The van der Waals surface area contributed by atoms with Crippen LogP contribution in [-0.2, 0) is 21.2 Å². The predicted molar refractivity (Wildman–Crippen MR) is 128 cm³/mol. The van der Waals surface area contributed by atoms with Gasteiger partial charge in [-0.2, -0.15) is 0 Å². The summed E-state index contributed by atoms with van der Waals surface area (Å²) in [4.78, 5) is 13.2. The predicted octanol–water partition coefficient (Wildman–Crippen LogP) is 4.92. The van der Waals surface area contributed by atoms with Crippen molar-refractivity contribution in [2.45, 2.75) is 45.1 Å². The number of hydrogen-bond acceptors (Lipinski definition) is 3. The Morgan fingerprint density at radius 2 is 1.75 bits per heavy atom. The largest absolute Gasteiger partial charge is 0.348 e. The van der Waals surface area contributed by atoms with E-state index in [9.17, 15) is 13.2 Å². The summed E-state index contributed by atoms with van der Waals surface area (Å²) in [7, 11) is -3.85. The molecule has 0 aromatic heterocycles. The van der Waals surface area contributed by atoms with Crippen molar-refractivity contribution in [1.29, 1.82) is 0 Å². The van der Waals surface area contributed by atoms with E-state index in [1.165, 1.54) is 4.31 Å². The molecule has 1 N–H and O–H groups in total. The topological polar surface area (TPSA) is 66.5 Å². The van der Waals surface area contributed by atoms with Crippen molar-refractivity contribution >= 4 is 21.6 Å². The van der Waals surface area contributed by atoms with Gasteiger partial charge in [-0.3, -0.25) is 9.10 Å². The van der Waals surface area contributed by atoms with Gasteiger partial charge in [0.2, 0.25) is 5.91 Å². The number of nitrogens with one attached hydrogen (secondary N) is 1. The second-order valence-corrected chi connectivity index (χ2v) is 10.2. The number of nitrogens with zero attached hydrogens (tertiary/aromatic N) is 1. The molecule has 0 radical (unpaired) electrons. The molecule has 0 bridgehead atoms. The second kappa shape index (κ2) is 8.43. The minimum atomic E-state index is -3.85. The van der Waals surface area contributed by atoms with Gasteiger partial charge in [-0.15, -0.1) is 0 Å². The first-order valence-electron chi connectivity index (χ1n) is 10.8. The van der Waals surface area contributed by atoms with Gasteiger partial charge in [-0.1, -0.05) is 55.0 Å². The summed E-state index contributed by atoms with van der Waals surface area (Å²) in [6.07, 6.45) is 0.843. The van der Waals surface area contributed by atoms with Crippen molar-refractivity contribution in [2.24, 2.45) is 0 Å². The number of rotatable bonds is 5. The lowest BCUT2D eigenvalue weighted by atomic mass is 9.99. The van der Waals surface area contributed by atoms with E-state index in [1.54, 1.807) is 12.1 Å². The zero-order valence-electron chi connectivity index (χ0n) is 18.8. The van der Waals surface area contributed by atoms with Crippen LogP contribution < -0.4 is 9.62 Å².